The van der Waals surface area contributed by atoms with Gasteiger partial charge >= 0.3 is 0 Å². The second kappa shape index (κ2) is 11.1. The maximum absolute atomic E-state index is 12.4. The standard InChI is InChI=1S/C17H29N3O3S/c1-5-6-7-9-16(22)20(10-8-11-23-4)12-15(21)19-17-18-13(2)14(3)24-17/h5-12H2,1-4H3,(H,18,19,21). The normalized spacial score (nSPS) is 10.7. The minimum Gasteiger partial charge on any atom is -0.385 e. The third-order valence-corrected chi connectivity index (χ3v) is 4.72. The van der Waals surface area contributed by atoms with E-state index in [-0.39, 0.29) is 18.4 Å². The number of hydrogen-bond acceptors (Lipinski definition) is 5. The number of ether oxygens (including phenoxy) is 1. The number of carbonyl (C=O) groups is 2. The second-order valence-electron chi connectivity index (χ2n) is 5.83. The SMILES string of the molecule is CCCCCC(=O)N(CCCOC)CC(=O)Nc1nc(C)c(C)s1. The summed E-state index contributed by atoms with van der Waals surface area (Å²) in [5.41, 5.74) is 0.919. The molecule has 1 heterocycles. The van der Waals surface area contributed by atoms with Gasteiger partial charge in [0.25, 0.3) is 0 Å². The van der Waals surface area contributed by atoms with Gasteiger partial charge in [-0.05, 0) is 26.7 Å². The van der Waals surface area contributed by atoms with Crippen LogP contribution in [-0.4, -0.2) is 48.5 Å². The summed E-state index contributed by atoms with van der Waals surface area (Å²) in [5.74, 6) is -0.175. The molecule has 7 heteroatoms. The lowest BCUT2D eigenvalue weighted by atomic mass is 10.2. The molecular formula is C17H29N3O3S. The number of aromatic nitrogens is 1. The summed E-state index contributed by atoms with van der Waals surface area (Å²) in [6.07, 6.45) is 4.17. The number of methoxy groups -OCH3 is 1. The van der Waals surface area contributed by atoms with Crippen LogP contribution in [0, 0.1) is 13.8 Å². The predicted octanol–water partition coefficient (Wildman–Crippen LogP) is 3.14. The first-order valence-electron chi connectivity index (χ1n) is 8.48. The van der Waals surface area contributed by atoms with E-state index in [2.05, 4.69) is 17.2 Å². The number of amides is 2. The highest BCUT2D eigenvalue weighted by atomic mass is 32.1. The summed E-state index contributed by atoms with van der Waals surface area (Å²) >= 11 is 1.45. The van der Waals surface area contributed by atoms with E-state index in [1.807, 2.05) is 13.8 Å². The van der Waals surface area contributed by atoms with Crippen molar-refractivity contribution in [2.24, 2.45) is 0 Å². The van der Waals surface area contributed by atoms with Gasteiger partial charge in [-0.15, -0.1) is 11.3 Å². The third-order valence-electron chi connectivity index (χ3n) is 3.73. The molecule has 1 aromatic heterocycles. The first kappa shape index (κ1) is 20.6. The fourth-order valence-electron chi connectivity index (χ4n) is 2.23. The van der Waals surface area contributed by atoms with Gasteiger partial charge < -0.3 is 15.0 Å². The molecule has 0 unspecified atom stereocenters. The highest BCUT2D eigenvalue weighted by molar-refractivity contribution is 7.15. The highest BCUT2D eigenvalue weighted by Gasteiger charge is 2.17. The number of thiazole rings is 1. The average Bonchev–Trinajstić information content (AvgIpc) is 2.84. The van der Waals surface area contributed by atoms with Crippen molar-refractivity contribution in [3.05, 3.63) is 10.6 Å². The first-order valence-corrected chi connectivity index (χ1v) is 9.30. The lowest BCUT2D eigenvalue weighted by molar-refractivity contribution is -0.135. The quantitative estimate of drug-likeness (QED) is 0.619. The van der Waals surface area contributed by atoms with Gasteiger partial charge in [-0.2, -0.15) is 0 Å². The lowest BCUT2D eigenvalue weighted by Crippen LogP contribution is -2.38. The van der Waals surface area contributed by atoms with Crippen LogP contribution in [-0.2, 0) is 14.3 Å². The maximum Gasteiger partial charge on any atom is 0.245 e. The van der Waals surface area contributed by atoms with E-state index < -0.39 is 0 Å². The van der Waals surface area contributed by atoms with Gasteiger partial charge in [0.1, 0.15) is 0 Å². The molecule has 24 heavy (non-hydrogen) atoms. The van der Waals surface area contributed by atoms with Gasteiger partial charge in [0, 0.05) is 31.6 Å². The Labute approximate surface area is 148 Å². The van der Waals surface area contributed by atoms with Crippen LogP contribution >= 0.6 is 11.3 Å². The topological polar surface area (TPSA) is 71.5 Å². The van der Waals surface area contributed by atoms with Crippen molar-refractivity contribution >= 4 is 28.3 Å². The molecule has 0 aliphatic rings. The Morgan fingerprint density at radius 1 is 1.25 bits per heavy atom. The molecule has 0 aliphatic heterocycles. The monoisotopic (exact) mass is 355 g/mol. The highest BCUT2D eigenvalue weighted by Crippen LogP contribution is 2.21. The van der Waals surface area contributed by atoms with Crippen LogP contribution in [0.5, 0.6) is 0 Å². The molecule has 0 saturated carbocycles. The number of anilines is 1. The first-order chi connectivity index (χ1) is 11.5. The molecule has 0 saturated heterocycles. The Balaban J connectivity index is 2.57. The van der Waals surface area contributed by atoms with Crippen molar-refractivity contribution in [1.82, 2.24) is 9.88 Å². The summed E-state index contributed by atoms with van der Waals surface area (Å²) in [5, 5.41) is 3.38. The number of rotatable bonds is 11. The van der Waals surface area contributed by atoms with E-state index in [1.54, 1.807) is 12.0 Å². The Morgan fingerprint density at radius 3 is 2.58 bits per heavy atom. The Bertz CT molecular complexity index is 512. The zero-order valence-electron chi connectivity index (χ0n) is 15.2. The van der Waals surface area contributed by atoms with Gasteiger partial charge in [-0.3, -0.25) is 9.59 Å². The van der Waals surface area contributed by atoms with Crippen LogP contribution < -0.4 is 5.32 Å². The fourth-order valence-corrected chi connectivity index (χ4v) is 3.07. The molecule has 0 spiro atoms. The molecule has 1 N–H and O–H groups in total. The smallest absolute Gasteiger partial charge is 0.245 e. The second-order valence-corrected chi connectivity index (χ2v) is 7.03. The molecular weight excluding hydrogens is 326 g/mol. The largest absolute Gasteiger partial charge is 0.385 e. The number of hydrogen-bond donors (Lipinski definition) is 1. The zero-order valence-corrected chi connectivity index (χ0v) is 16.0. The van der Waals surface area contributed by atoms with Crippen molar-refractivity contribution in [2.75, 3.05) is 32.1 Å². The Hall–Kier alpha value is -1.47. The molecule has 136 valence electrons. The van der Waals surface area contributed by atoms with E-state index in [1.165, 1.54) is 11.3 Å². The van der Waals surface area contributed by atoms with E-state index in [0.29, 0.717) is 24.7 Å². The molecule has 0 aliphatic carbocycles. The number of nitrogens with one attached hydrogen (secondary N) is 1. The Kier molecular flexibility index (Phi) is 9.56. The number of carbonyl (C=O) groups excluding carboxylic acids is 2. The van der Waals surface area contributed by atoms with Crippen LogP contribution in [0.15, 0.2) is 0 Å². The minimum absolute atomic E-state index is 0.0289. The summed E-state index contributed by atoms with van der Waals surface area (Å²) in [6.45, 7) is 7.15. The molecule has 1 aromatic rings. The van der Waals surface area contributed by atoms with E-state index in [4.69, 9.17) is 4.74 Å². The summed E-state index contributed by atoms with van der Waals surface area (Å²) < 4.78 is 5.04. The van der Waals surface area contributed by atoms with Gasteiger partial charge in [-0.1, -0.05) is 19.8 Å². The van der Waals surface area contributed by atoms with Crippen molar-refractivity contribution in [3.63, 3.8) is 0 Å². The Morgan fingerprint density at radius 2 is 2.00 bits per heavy atom. The molecule has 0 fully saturated rings. The summed E-state index contributed by atoms with van der Waals surface area (Å²) in [7, 11) is 1.63. The van der Waals surface area contributed by atoms with Crippen molar-refractivity contribution in [1.29, 1.82) is 0 Å². The lowest BCUT2D eigenvalue weighted by Gasteiger charge is -2.22. The van der Waals surface area contributed by atoms with Gasteiger partial charge in [0.15, 0.2) is 5.13 Å². The minimum atomic E-state index is -0.204. The molecule has 0 atom stereocenters. The number of unbranched alkanes of at least 4 members (excludes halogenated alkanes) is 2. The molecule has 6 nitrogen and oxygen atoms in total. The predicted molar refractivity (Wildman–Crippen MR) is 97.4 cm³/mol. The van der Waals surface area contributed by atoms with Crippen LogP contribution in [0.4, 0.5) is 5.13 Å². The molecule has 0 aromatic carbocycles. The van der Waals surface area contributed by atoms with E-state index >= 15 is 0 Å². The molecule has 1 rings (SSSR count). The fraction of sp³-hybridized carbons (Fsp3) is 0.706. The third kappa shape index (κ3) is 7.40. The molecule has 2 amide bonds. The van der Waals surface area contributed by atoms with Crippen LogP contribution in [0.25, 0.3) is 0 Å². The average molecular weight is 356 g/mol. The van der Waals surface area contributed by atoms with Crippen LogP contribution in [0.1, 0.15) is 49.6 Å². The summed E-state index contributed by atoms with van der Waals surface area (Å²) in [4.78, 5) is 31.6. The van der Waals surface area contributed by atoms with Gasteiger partial charge in [0.05, 0.1) is 12.2 Å². The van der Waals surface area contributed by atoms with E-state index in [0.717, 1.165) is 36.3 Å². The zero-order chi connectivity index (χ0) is 17.9. The number of aryl methyl sites for hydroxylation is 2. The van der Waals surface area contributed by atoms with E-state index in [9.17, 15) is 9.59 Å². The van der Waals surface area contributed by atoms with Crippen molar-refractivity contribution in [2.45, 2.75) is 52.9 Å². The van der Waals surface area contributed by atoms with Crippen LogP contribution in [0.3, 0.4) is 0 Å². The summed E-state index contributed by atoms with van der Waals surface area (Å²) in [6, 6.07) is 0. The van der Waals surface area contributed by atoms with Crippen molar-refractivity contribution in [3.8, 4) is 0 Å². The van der Waals surface area contributed by atoms with Gasteiger partial charge in [0.2, 0.25) is 11.8 Å². The van der Waals surface area contributed by atoms with Crippen LogP contribution in [0.2, 0.25) is 0 Å². The molecule has 0 radical (unpaired) electrons. The molecule has 0 bridgehead atoms. The maximum atomic E-state index is 12.4. The van der Waals surface area contributed by atoms with Gasteiger partial charge in [-0.25, -0.2) is 4.98 Å². The van der Waals surface area contributed by atoms with Crippen molar-refractivity contribution < 1.29 is 14.3 Å². The number of nitrogens with zero attached hydrogens (tertiary/aromatic N) is 2.